The summed E-state index contributed by atoms with van der Waals surface area (Å²) in [5.74, 6) is -0.0645. The Morgan fingerprint density at radius 2 is 1.52 bits per heavy atom. The number of nitrogens with zero attached hydrogens (tertiary/aromatic N) is 1. The van der Waals surface area contributed by atoms with Crippen molar-refractivity contribution in [1.29, 1.82) is 0 Å². The molecule has 0 spiro atoms. The Labute approximate surface area is 193 Å². The van der Waals surface area contributed by atoms with Crippen LogP contribution in [-0.4, -0.2) is 17.4 Å². The number of rotatable bonds is 4. The second-order valence-corrected chi connectivity index (χ2v) is 9.68. The Bertz CT molecular complexity index is 1380. The number of benzene rings is 3. The SMILES string of the molecule is CC(C)(C)c1ccc(C2c3c(oc4ccccc4c3=O)C(=O)N2CCc2ccccc2)cc1. The molecule has 3 aromatic carbocycles. The third-order valence-electron chi connectivity index (χ3n) is 6.45. The zero-order valence-corrected chi connectivity index (χ0v) is 19.2. The van der Waals surface area contributed by atoms with Crippen LogP contribution in [0.3, 0.4) is 0 Å². The van der Waals surface area contributed by atoms with Gasteiger partial charge in [0.2, 0.25) is 5.76 Å². The van der Waals surface area contributed by atoms with Crippen LogP contribution in [0.4, 0.5) is 0 Å². The van der Waals surface area contributed by atoms with Crippen LogP contribution in [-0.2, 0) is 11.8 Å². The van der Waals surface area contributed by atoms with Crippen LogP contribution in [0.25, 0.3) is 11.0 Å². The van der Waals surface area contributed by atoms with E-state index in [4.69, 9.17) is 4.42 Å². The zero-order chi connectivity index (χ0) is 23.2. The van der Waals surface area contributed by atoms with Crippen molar-refractivity contribution >= 4 is 16.9 Å². The summed E-state index contributed by atoms with van der Waals surface area (Å²) in [4.78, 5) is 28.9. The van der Waals surface area contributed by atoms with Gasteiger partial charge in [-0.25, -0.2) is 0 Å². The lowest BCUT2D eigenvalue weighted by molar-refractivity contribution is 0.0730. The highest BCUT2D eigenvalue weighted by Crippen LogP contribution is 2.38. The van der Waals surface area contributed by atoms with E-state index in [1.165, 1.54) is 5.56 Å². The van der Waals surface area contributed by atoms with Crippen molar-refractivity contribution in [2.24, 2.45) is 0 Å². The van der Waals surface area contributed by atoms with E-state index in [0.29, 0.717) is 29.5 Å². The van der Waals surface area contributed by atoms with Gasteiger partial charge in [0.1, 0.15) is 5.58 Å². The molecule has 0 saturated heterocycles. The summed E-state index contributed by atoms with van der Waals surface area (Å²) < 4.78 is 6.02. The molecule has 33 heavy (non-hydrogen) atoms. The number of carbonyl (C=O) groups excluding carboxylic acids is 1. The van der Waals surface area contributed by atoms with Gasteiger partial charge in [0.05, 0.1) is 17.0 Å². The van der Waals surface area contributed by atoms with E-state index in [1.807, 2.05) is 42.5 Å². The standard InChI is InChI=1S/C29H27NO3/c1-29(2,3)21-15-13-20(14-16-21)25-24-26(31)22-11-7-8-12-23(22)33-27(24)28(32)30(25)18-17-19-9-5-4-6-10-19/h4-16,25H,17-18H2,1-3H3. The van der Waals surface area contributed by atoms with Gasteiger partial charge in [-0.1, -0.05) is 87.5 Å². The van der Waals surface area contributed by atoms with Gasteiger partial charge < -0.3 is 9.32 Å². The summed E-state index contributed by atoms with van der Waals surface area (Å²) in [6, 6.07) is 25.0. The van der Waals surface area contributed by atoms with Gasteiger partial charge in [-0.3, -0.25) is 9.59 Å². The molecule has 1 aliphatic rings. The summed E-state index contributed by atoms with van der Waals surface area (Å²) in [5.41, 5.74) is 4.05. The van der Waals surface area contributed by atoms with Crippen molar-refractivity contribution < 1.29 is 9.21 Å². The molecule has 1 amide bonds. The summed E-state index contributed by atoms with van der Waals surface area (Å²) in [6.45, 7) is 7.00. The number of amides is 1. The Balaban J connectivity index is 1.63. The van der Waals surface area contributed by atoms with Crippen molar-refractivity contribution in [3.05, 3.63) is 117 Å². The van der Waals surface area contributed by atoms with E-state index in [2.05, 4.69) is 45.0 Å². The fourth-order valence-electron chi connectivity index (χ4n) is 4.60. The Morgan fingerprint density at radius 3 is 2.21 bits per heavy atom. The summed E-state index contributed by atoms with van der Waals surface area (Å²) >= 11 is 0. The third kappa shape index (κ3) is 3.76. The van der Waals surface area contributed by atoms with Gasteiger partial charge >= 0.3 is 0 Å². The molecule has 0 bridgehead atoms. The van der Waals surface area contributed by atoms with Crippen LogP contribution >= 0.6 is 0 Å². The normalized spacial score (nSPS) is 15.8. The topological polar surface area (TPSA) is 50.5 Å². The van der Waals surface area contributed by atoms with Gasteiger partial charge in [-0.2, -0.15) is 0 Å². The molecule has 0 fully saturated rings. The van der Waals surface area contributed by atoms with Crippen LogP contribution in [0.2, 0.25) is 0 Å². The molecule has 1 unspecified atom stereocenters. The zero-order valence-electron chi connectivity index (χ0n) is 19.2. The Morgan fingerprint density at radius 1 is 0.848 bits per heavy atom. The summed E-state index contributed by atoms with van der Waals surface area (Å²) in [7, 11) is 0. The second-order valence-electron chi connectivity index (χ2n) is 9.68. The van der Waals surface area contributed by atoms with Gasteiger partial charge in [-0.05, 0) is 40.7 Å². The van der Waals surface area contributed by atoms with Gasteiger partial charge in [0, 0.05) is 6.54 Å². The van der Waals surface area contributed by atoms with Gasteiger partial charge in [-0.15, -0.1) is 0 Å². The molecule has 5 rings (SSSR count). The van der Waals surface area contributed by atoms with E-state index >= 15 is 0 Å². The fraction of sp³-hybridized carbons (Fsp3) is 0.241. The van der Waals surface area contributed by atoms with E-state index < -0.39 is 6.04 Å². The van der Waals surface area contributed by atoms with Crippen LogP contribution in [0, 0.1) is 0 Å². The average molecular weight is 438 g/mol. The van der Waals surface area contributed by atoms with Crippen molar-refractivity contribution in [1.82, 2.24) is 4.90 Å². The number of hydrogen-bond donors (Lipinski definition) is 0. The first kappa shape index (κ1) is 21.2. The molecule has 4 heteroatoms. The van der Waals surface area contributed by atoms with Crippen molar-refractivity contribution in [3.63, 3.8) is 0 Å². The molecule has 1 aliphatic heterocycles. The predicted octanol–water partition coefficient (Wildman–Crippen LogP) is 5.88. The maximum Gasteiger partial charge on any atom is 0.290 e. The van der Waals surface area contributed by atoms with Crippen LogP contribution in [0.15, 0.2) is 88.1 Å². The number of para-hydroxylation sites is 1. The number of hydrogen-bond acceptors (Lipinski definition) is 3. The monoisotopic (exact) mass is 437 g/mol. The van der Waals surface area contributed by atoms with Gasteiger partial charge in [0.15, 0.2) is 5.43 Å². The molecule has 4 nitrogen and oxygen atoms in total. The largest absolute Gasteiger partial charge is 0.450 e. The predicted molar refractivity (Wildman–Crippen MR) is 131 cm³/mol. The van der Waals surface area contributed by atoms with Crippen LogP contribution < -0.4 is 5.43 Å². The van der Waals surface area contributed by atoms with Crippen molar-refractivity contribution in [2.45, 2.75) is 38.6 Å². The van der Waals surface area contributed by atoms with E-state index in [-0.39, 0.29) is 22.5 Å². The molecular weight excluding hydrogens is 410 g/mol. The molecule has 0 saturated carbocycles. The third-order valence-corrected chi connectivity index (χ3v) is 6.45. The Kier molecular flexibility index (Phi) is 5.16. The first-order chi connectivity index (χ1) is 15.8. The van der Waals surface area contributed by atoms with Gasteiger partial charge in [0.25, 0.3) is 5.91 Å². The lowest BCUT2D eigenvalue weighted by Gasteiger charge is -2.26. The van der Waals surface area contributed by atoms with E-state index in [0.717, 1.165) is 11.1 Å². The molecule has 1 atom stereocenters. The van der Waals surface area contributed by atoms with Crippen molar-refractivity contribution in [2.75, 3.05) is 6.54 Å². The highest BCUT2D eigenvalue weighted by molar-refractivity contribution is 5.99. The lowest BCUT2D eigenvalue weighted by atomic mass is 9.86. The first-order valence-corrected chi connectivity index (χ1v) is 11.4. The molecule has 0 radical (unpaired) electrons. The first-order valence-electron chi connectivity index (χ1n) is 11.4. The number of fused-ring (bicyclic) bond motifs is 2. The maximum atomic E-state index is 13.6. The highest BCUT2D eigenvalue weighted by Gasteiger charge is 2.42. The lowest BCUT2D eigenvalue weighted by Crippen LogP contribution is -2.31. The van der Waals surface area contributed by atoms with Crippen molar-refractivity contribution in [3.8, 4) is 0 Å². The minimum absolute atomic E-state index is 0.0180. The van der Waals surface area contributed by atoms with Crippen LogP contribution in [0.1, 0.15) is 59.6 Å². The molecule has 1 aromatic heterocycles. The van der Waals surface area contributed by atoms with E-state index in [1.54, 1.807) is 17.0 Å². The molecule has 4 aromatic rings. The molecule has 166 valence electrons. The quantitative estimate of drug-likeness (QED) is 0.401. The minimum atomic E-state index is -0.467. The fourth-order valence-corrected chi connectivity index (χ4v) is 4.60. The highest BCUT2D eigenvalue weighted by atomic mass is 16.3. The summed E-state index contributed by atoms with van der Waals surface area (Å²) in [6.07, 6.45) is 0.699. The maximum absolute atomic E-state index is 13.6. The molecule has 0 N–H and O–H groups in total. The smallest absolute Gasteiger partial charge is 0.290 e. The Hall–Kier alpha value is -3.66. The number of carbonyl (C=O) groups is 1. The second kappa shape index (κ2) is 8.04. The summed E-state index contributed by atoms with van der Waals surface area (Å²) in [5, 5.41) is 0.505. The minimum Gasteiger partial charge on any atom is -0.450 e. The molecular formula is C29H27NO3. The average Bonchev–Trinajstić information content (AvgIpc) is 3.10. The molecule has 0 aliphatic carbocycles. The molecule has 2 heterocycles. The van der Waals surface area contributed by atoms with Crippen LogP contribution in [0.5, 0.6) is 0 Å². The van der Waals surface area contributed by atoms with E-state index in [9.17, 15) is 9.59 Å².